The Hall–Kier alpha value is -3.96. The molecule has 0 bridgehead atoms. The van der Waals surface area contributed by atoms with Gasteiger partial charge in [-0.2, -0.15) is 5.10 Å². The number of fused-ring (bicyclic) bond motifs is 1. The molecule has 4 rings (SSSR count). The first kappa shape index (κ1) is 21.3. The summed E-state index contributed by atoms with van der Waals surface area (Å²) in [5, 5.41) is 6.97. The Balaban J connectivity index is 1.61. The molecule has 2 heterocycles. The summed E-state index contributed by atoms with van der Waals surface area (Å²) in [7, 11) is 3.39. The summed E-state index contributed by atoms with van der Waals surface area (Å²) in [4.78, 5) is 12.8. The highest BCUT2D eigenvalue weighted by molar-refractivity contribution is 6.04. The first-order chi connectivity index (χ1) is 15.5. The molecule has 1 N–H and O–H groups in total. The van der Waals surface area contributed by atoms with Crippen molar-refractivity contribution in [3.8, 4) is 29.1 Å². The standard InChI is InChI=1S/C24H23N3O5/c1-16(14-29-3)32-20-11-18(5-4-17-6-7-21-22(12-17)31-15-30-21)10-19(13-20)24(28)25-23-8-9-27(2)26-23/h6-13,16H,14-15H2,1-3H3,(H,25,26,28)/t16-/m0/s1. The molecule has 0 aliphatic carbocycles. The number of hydrogen-bond donors (Lipinski definition) is 1. The van der Waals surface area contributed by atoms with E-state index in [2.05, 4.69) is 22.3 Å². The second-order valence-electron chi connectivity index (χ2n) is 7.28. The average molecular weight is 433 g/mol. The summed E-state index contributed by atoms with van der Waals surface area (Å²) in [6.45, 7) is 2.52. The molecule has 2 aromatic carbocycles. The Morgan fingerprint density at radius 1 is 1.16 bits per heavy atom. The van der Waals surface area contributed by atoms with Crippen LogP contribution in [-0.4, -0.2) is 42.3 Å². The number of methoxy groups -OCH3 is 1. The summed E-state index contributed by atoms with van der Waals surface area (Å²) in [6, 6.07) is 12.4. The van der Waals surface area contributed by atoms with Crippen LogP contribution in [0.4, 0.5) is 5.82 Å². The molecular formula is C24H23N3O5. The highest BCUT2D eigenvalue weighted by Crippen LogP contribution is 2.32. The van der Waals surface area contributed by atoms with Gasteiger partial charge in [-0.25, -0.2) is 0 Å². The van der Waals surface area contributed by atoms with E-state index in [9.17, 15) is 4.79 Å². The smallest absolute Gasteiger partial charge is 0.257 e. The van der Waals surface area contributed by atoms with Crippen molar-refractivity contribution in [3.05, 3.63) is 65.4 Å². The highest BCUT2D eigenvalue weighted by atomic mass is 16.7. The molecule has 1 aromatic heterocycles. The van der Waals surface area contributed by atoms with Crippen LogP contribution in [0.1, 0.15) is 28.4 Å². The Bertz CT molecular complexity index is 1190. The van der Waals surface area contributed by atoms with E-state index in [4.69, 9.17) is 18.9 Å². The van der Waals surface area contributed by atoms with Crippen molar-refractivity contribution in [2.24, 2.45) is 7.05 Å². The summed E-state index contributed by atoms with van der Waals surface area (Å²) in [6.07, 6.45) is 1.56. The van der Waals surface area contributed by atoms with Crippen molar-refractivity contribution >= 4 is 11.7 Å². The van der Waals surface area contributed by atoms with Crippen LogP contribution in [0.25, 0.3) is 0 Å². The Morgan fingerprint density at radius 2 is 1.97 bits per heavy atom. The molecule has 0 unspecified atom stereocenters. The number of amides is 1. The van der Waals surface area contributed by atoms with Gasteiger partial charge in [0.2, 0.25) is 6.79 Å². The van der Waals surface area contributed by atoms with Crippen LogP contribution in [0, 0.1) is 11.8 Å². The minimum Gasteiger partial charge on any atom is -0.488 e. The number of aryl methyl sites for hydroxylation is 1. The first-order valence-electron chi connectivity index (χ1n) is 10.0. The van der Waals surface area contributed by atoms with Gasteiger partial charge in [-0.3, -0.25) is 9.48 Å². The van der Waals surface area contributed by atoms with Gasteiger partial charge in [0.1, 0.15) is 11.9 Å². The fourth-order valence-electron chi connectivity index (χ4n) is 3.16. The van der Waals surface area contributed by atoms with Crippen LogP contribution in [0.3, 0.4) is 0 Å². The number of nitrogens with zero attached hydrogens (tertiary/aromatic N) is 2. The van der Waals surface area contributed by atoms with Gasteiger partial charge in [0.15, 0.2) is 17.3 Å². The molecule has 0 radical (unpaired) electrons. The molecule has 1 aliphatic heterocycles. The molecule has 8 nitrogen and oxygen atoms in total. The molecule has 1 aliphatic rings. The van der Waals surface area contributed by atoms with E-state index in [1.165, 1.54) is 0 Å². The Labute approximate surface area is 186 Å². The van der Waals surface area contributed by atoms with Crippen LogP contribution < -0.4 is 19.5 Å². The highest BCUT2D eigenvalue weighted by Gasteiger charge is 2.14. The predicted octanol–water partition coefficient (Wildman–Crippen LogP) is 3.21. The molecule has 1 amide bonds. The van der Waals surface area contributed by atoms with E-state index in [0.29, 0.717) is 40.8 Å². The minimum atomic E-state index is -0.306. The van der Waals surface area contributed by atoms with Gasteiger partial charge in [-0.15, -0.1) is 0 Å². The number of anilines is 1. The van der Waals surface area contributed by atoms with Crippen molar-refractivity contribution in [1.82, 2.24) is 9.78 Å². The Kier molecular flexibility index (Phi) is 6.29. The summed E-state index contributed by atoms with van der Waals surface area (Å²) in [5.41, 5.74) is 1.82. The number of benzene rings is 2. The maximum atomic E-state index is 12.8. The van der Waals surface area contributed by atoms with Gasteiger partial charge in [-0.1, -0.05) is 11.8 Å². The van der Waals surface area contributed by atoms with Gasteiger partial charge in [0.05, 0.1) is 6.61 Å². The largest absolute Gasteiger partial charge is 0.488 e. The van der Waals surface area contributed by atoms with Crippen molar-refractivity contribution in [2.75, 3.05) is 25.8 Å². The number of carbonyl (C=O) groups excluding carboxylic acids is 1. The van der Waals surface area contributed by atoms with E-state index in [1.54, 1.807) is 49.3 Å². The van der Waals surface area contributed by atoms with Crippen LogP contribution in [-0.2, 0) is 11.8 Å². The molecule has 8 heteroatoms. The zero-order valence-corrected chi connectivity index (χ0v) is 18.0. The lowest BCUT2D eigenvalue weighted by Gasteiger charge is -2.15. The zero-order chi connectivity index (χ0) is 22.5. The maximum Gasteiger partial charge on any atom is 0.257 e. The van der Waals surface area contributed by atoms with Crippen molar-refractivity contribution in [2.45, 2.75) is 13.0 Å². The zero-order valence-electron chi connectivity index (χ0n) is 18.0. The average Bonchev–Trinajstić information content (AvgIpc) is 3.40. The number of rotatable bonds is 6. The molecule has 3 aromatic rings. The SMILES string of the molecule is COC[C@H](C)Oc1cc(C#Cc2ccc3c(c2)OCO3)cc(C(=O)Nc2ccn(C)n2)c1. The van der Waals surface area contributed by atoms with E-state index >= 15 is 0 Å². The molecule has 0 spiro atoms. The summed E-state index contributed by atoms with van der Waals surface area (Å²) in [5.74, 6) is 8.25. The van der Waals surface area contributed by atoms with Gasteiger partial charge in [0.25, 0.3) is 5.91 Å². The fourth-order valence-corrected chi connectivity index (χ4v) is 3.16. The van der Waals surface area contributed by atoms with Gasteiger partial charge in [0, 0.05) is 43.1 Å². The minimum absolute atomic E-state index is 0.191. The van der Waals surface area contributed by atoms with Crippen LogP contribution in [0.5, 0.6) is 17.2 Å². The van der Waals surface area contributed by atoms with E-state index in [0.717, 1.165) is 5.56 Å². The number of carbonyl (C=O) groups is 1. The Morgan fingerprint density at radius 3 is 2.75 bits per heavy atom. The molecule has 0 saturated carbocycles. The predicted molar refractivity (Wildman–Crippen MR) is 118 cm³/mol. The molecule has 0 saturated heterocycles. The van der Waals surface area contributed by atoms with Crippen LogP contribution >= 0.6 is 0 Å². The summed E-state index contributed by atoms with van der Waals surface area (Å²) >= 11 is 0. The lowest BCUT2D eigenvalue weighted by molar-refractivity contribution is 0.0917. The number of ether oxygens (including phenoxy) is 4. The second kappa shape index (κ2) is 9.45. The van der Waals surface area contributed by atoms with Crippen molar-refractivity contribution in [1.29, 1.82) is 0 Å². The molecular weight excluding hydrogens is 410 g/mol. The quantitative estimate of drug-likeness (QED) is 0.601. The van der Waals surface area contributed by atoms with E-state index in [1.807, 2.05) is 25.1 Å². The van der Waals surface area contributed by atoms with Gasteiger partial charge >= 0.3 is 0 Å². The third-order valence-corrected chi connectivity index (χ3v) is 4.59. The monoisotopic (exact) mass is 433 g/mol. The van der Waals surface area contributed by atoms with Crippen LogP contribution in [0.2, 0.25) is 0 Å². The third kappa shape index (κ3) is 5.20. The second-order valence-corrected chi connectivity index (χ2v) is 7.28. The van der Waals surface area contributed by atoms with Gasteiger partial charge in [-0.05, 0) is 43.3 Å². The molecule has 164 valence electrons. The van der Waals surface area contributed by atoms with E-state index in [-0.39, 0.29) is 18.8 Å². The maximum absolute atomic E-state index is 12.8. The topological polar surface area (TPSA) is 83.8 Å². The van der Waals surface area contributed by atoms with Crippen LogP contribution in [0.15, 0.2) is 48.7 Å². The normalized spacial score (nSPS) is 12.6. The molecule has 1 atom stereocenters. The summed E-state index contributed by atoms with van der Waals surface area (Å²) < 4.78 is 23.4. The van der Waals surface area contributed by atoms with Crippen molar-refractivity contribution < 1.29 is 23.7 Å². The fraction of sp³-hybridized carbons (Fsp3) is 0.250. The number of nitrogens with one attached hydrogen (secondary N) is 1. The number of hydrogen-bond acceptors (Lipinski definition) is 6. The lowest BCUT2D eigenvalue weighted by atomic mass is 10.1. The molecule has 32 heavy (non-hydrogen) atoms. The third-order valence-electron chi connectivity index (χ3n) is 4.59. The molecule has 0 fully saturated rings. The lowest BCUT2D eigenvalue weighted by Crippen LogP contribution is -2.19. The number of aromatic nitrogens is 2. The first-order valence-corrected chi connectivity index (χ1v) is 10.0. The van der Waals surface area contributed by atoms with E-state index < -0.39 is 0 Å². The van der Waals surface area contributed by atoms with Crippen molar-refractivity contribution in [3.63, 3.8) is 0 Å². The van der Waals surface area contributed by atoms with Gasteiger partial charge < -0.3 is 24.3 Å².